The number of anilines is 1. The van der Waals surface area contributed by atoms with Crippen LogP contribution in [0.25, 0.3) is 5.82 Å². The zero-order chi connectivity index (χ0) is 27.7. The minimum atomic E-state index is -4.22. The molecule has 4 rings (SSSR count). The van der Waals surface area contributed by atoms with Crippen LogP contribution in [0.1, 0.15) is 45.8 Å². The van der Waals surface area contributed by atoms with Crippen molar-refractivity contribution < 1.29 is 35.7 Å². The van der Waals surface area contributed by atoms with E-state index in [9.17, 15) is 31.2 Å². The number of halogens is 3. The average molecular weight is 554 g/mol. The van der Waals surface area contributed by atoms with Gasteiger partial charge in [-0.25, -0.2) is 8.42 Å². The summed E-state index contributed by atoms with van der Waals surface area (Å²) in [6.07, 6.45) is -2.97. The van der Waals surface area contributed by atoms with Gasteiger partial charge in [0.05, 0.1) is 5.69 Å². The van der Waals surface area contributed by atoms with Crippen LogP contribution < -0.4 is 10.6 Å². The summed E-state index contributed by atoms with van der Waals surface area (Å²) in [5.41, 5.74) is 1.92. The normalized spacial score (nSPS) is 15.7. The molecule has 0 radical (unpaired) electrons. The molecule has 0 fully saturated rings. The van der Waals surface area contributed by atoms with Gasteiger partial charge in [-0.3, -0.25) is 9.59 Å². The second-order valence-electron chi connectivity index (χ2n) is 9.34. The predicted octanol–water partition coefficient (Wildman–Crippen LogP) is 2.93. The fourth-order valence-corrected chi connectivity index (χ4v) is 4.82. The molecule has 1 aliphatic heterocycles. The van der Waals surface area contributed by atoms with Gasteiger partial charge in [0.1, 0.15) is 17.1 Å². The lowest BCUT2D eigenvalue weighted by Crippen LogP contribution is -2.41. The van der Waals surface area contributed by atoms with Gasteiger partial charge in [0, 0.05) is 31.2 Å². The third-order valence-corrected chi connectivity index (χ3v) is 6.70. The van der Waals surface area contributed by atoms with Gasteiger partial charge in [-0.15, -0.1) is 0 Å². The molecule has 38 heavy (non-hydrogen) atoms. The number of amides is 2. The van der Waals surface area contributed by atoms with Gasteiger partial charge in [0.2, 0.25) is 5.91 Å². The summed E-state index contributed by atoms with van der Waals surface area (Å²) in [4.78, 5) is 25.5. The third-order valence-electron chi connectivity index (χ3n) is 5.91. The lowest BCUT2D eigenvalue weighted by molar-refractivity contribution is -0.134. The van der Waals surface area contributed by atoms with E-state index in [1.54, 1.807) is 31.2 Å². The Morgan fingerprint density at radius 1 is 1.24 bits per heavy atom. The molecule has 0 aliphatic carbocycles. The van der Waals surface area contributed by atoms with E-state index in [1.165, 1.54) is 4.68 Å². The number of carbonyl (C=O) groups excluding carboxylic acids is 2. The van der Waals surface area contributed by atoms with E-state index >= 15 is 0 Å². The zero-order valence-corrected chi connectivity index (χ0v) is 21.4. The number of sulfone groups is 1. The number of hydrogen-bond donors (Lipinski definition) is 2. The molecular formula is C24H26F3N5O5S. The predicted molar refractivity (Wildman–Crippen MR) is 131 cm³/mol. The Balaban J connectivity index is 1.52. The van der Waals surface area contributed by atoms with E-state index in [1.807, 2.05) is 6.07 Å². The van der Waals surface area contributed by atoms with Crippen LogP contribution in [0, 0.1) is 6.92 Å². The lowest BCUT2D eigenvalue weighted by atomic mass is 9.95. The summed E-state index contributed by atoms with van der Waals surface area (Å²) in [7, 11) is -3.62. The van der Waals surface area contributed by atoms with E-state index in [0.29, 0.717) is 36.3 Å². The van der Waals surface area contributed by atoms with Crippen molar-refractivity contribution in [3.8, 4) is 5.82 Å². The topological polar surface area (TPSA) is 136 Å². The molecule has 0 saturated carbocycles. The molecule has 2 amide bonds. The first-order chi connectivity index (χ1) is 17.8. The number of hydrogen-bond acceptors (Lipinski definition) is 7. The Kier molecular flexibility index (Phi) is 7.63. The Morgan fingerprint density at radius 3 is 2.58 bits per heavy atom. The summed E-state index contributed by atoms with van der Waals surface area (Å²) in [6.45, 7) is 1.66. The number of fused-ring (bicyclic) bond motifs is 1. The van der Waals surface area contributed by atoms with Crippen molar-refractivity contribution in [1.82, 2.24) is 20.3 Å². The number of nitrogens with one attached hydrogen (secondary N) is 2. The van der Waals surface area contributed by atoms with Crippen LogP contribution in [0.3, 0.4) is 0 Å². The standard InChI is InChI=1S/C24H26F3N5O5S/c1-14-10-19(31-37-14)32-22(29-20(33)13-38(2,35)36)21-18(30-32)12-17(28-23(21)34)7-6-15-4-3-5-16(11-15)8-9-24(25,26)27/h3-5,10-11,17H,6-9,12-13H2,1-2H3,(H,28,34)(H,29,33)/t17-/m0/s1. The van der Waals surface area contributed by atoms with Gasteiger partial charge >= 0.3 is 6.18 Å². The summed E-state index contributed by atoms with van der Waals surface area (Å²) >= 11 is 0. The second-order valence-corrected chi connectivity index (χ2v) is 11.5. The number of aromatic nitrogens is 3. The Bertz CT molecular complexity index is 1460. The highest BCUT2D eigenvalue weighted by Gasteiger charge is 2.33. The molecule has 0 spiro atoms. The number of carbonyl (C=O) groups is 2. The maximum absolute atomic E-state index is 13.1. The second kappa shape index (κ2) is 10.6. The maximum Gasteiger partial charge on any atom is 0.389 e. The summed E-state index contributed by atoms with van der Waals surface area (Å²) in [5.74, 6) is -1.48. The van der Waals surface area contributed by atoms with E-state index in [-0.39, 0.29) is 29.7 Å². The molecule has 1 aliphatic rings. The number of alkyl halides is 3. The lowest BCUT2D eigenvalue weighted by Gasteiger charge is -2.23. The summed E-state index contributed by atoms with van der Waals surface area (Å²) in [5, 5.41) is 13.7. The smallest absolute Gasteiger partial charge is 0.359 e. The van der Waals surface area contributed by atoms with Crippen molar-refractivity contribution in [1.29, 1.82) is 0 Å². The van der Waals surface area contributed by atoms with E-state index in [2.05, 4.69) is 20.9 Å². The Labute approximate surface area is 216 Å². The monoisotopic (exact) mass is 553 g/mol. The molecule has 0 bridgehead atoms. The molecule has 14 heteroatoms. The van der Waals surface area contributed by atoms with Gasteiger partial charge in [0.15, 0.2) is 21.5 Å². The van der Waals surface area contributed by atoms with Crippen LogP contribution in [0.4, 0.5) is 19.0 Å². The first kappa shape index (κ1) is 27.4. The molecular weight excluding hydrogens is 527 g/mol. The number of benzene rings is 1. The molecule has 1 atom stereocenters. The molecule has 10 nitrogen and oxygen atoms in total. The van der Waals surface area contributed by atoms with Crippen molar-refractivity contribution in [2.45, 2.75) is 51.2 Å². The van der Waals surface area contributed by atoms with Crippen LogP contribution in [0.15, 0.2) is 34.9 Å². The molecule has 3 heterocycles. The van der Waals surface area contributed by atoms with Crippen molar-refractivity contribution in [3.05, 3.63) is 58.5 Å². The van der Waals surface area contributed by atoms with Crippen LogP contribution in [0.2, 0.25) is 0 Å². The quantitative estimate of drug-likeness (QED) is 0.416. The largest absolute Gasteiger partial charge is 0.389 e. The molecule has 0 unspecified atom stereocenters. The van der Waals surface area contributed by atoms with Crippen molar-refractivity contribution >= 4 is 27.5 Å². The van der Waals surface area contributed by atoms with Crippen molar-refractivity contribution in [3.63, 3.8) is 0 Å². The highest BCUT2D eigenvalue weighted by atomic mass is 32.2. The summed E-state index contributed by atoms with van der Waals surface area (Å²) in [6, 6.07) is 8.15. The average Bonchev–Trinajstić information content (AvgIpc) is 3.38. The third kappa shape index (κ3) is 7.00. The highest BCUT2D eigenvalue weighted by Crippen LogP contribution is 2.29. The SMILES string of the molecule is Cc1cc(-n2nc3c(c2NC(=O)CS(C)(=O)=O)C(=O)N[C@@H](CCc2cccc(CCC(F)(F)F)c2)C3)no1. The number of rotatable bonds is 9. The van der Waals surface area contributed by atoms with Crippen LogP contribution in [-0.4, -0.2) is 59.4 Å². The number of aryl methyl sites for hydroxylation is 3. The molecule has 2 N–H and O–H groups in total. The van der Waals surface area contributed by atoms with Crippen molar-refractivity contribution in [2.24, 2.45) is 0 Å². The molecule has 0 saturated heterocycles. The highest BCUT2D eigenvalue weighted by molar-refractivity contribution is 7.91. The first-order valence-corrected chi connectivity index (χ1v) is 13.8. The minimum Gasteiger partial charge on any atom is -0.359 e. The van der Waals surface area contributed by atoms with Crippen LogP contribution in [-0.2, 0) is 33.9 Å². The molecule has 3 aromatic rings. The molecule has 204 valence electrons. The Hall–Kier alpha value is -3.68. The van der Waals surface area contributed by atoms with Gasteiger partial charge in [-0.2, -0.15) is 23.0 Å². The van der Waals surface area contributed by atoms with Gasteiger partial charge in [-0.1, -0.05) is 29.4 Å². The molecule has 2 aromatic heterocycles. The van der Waals surface area contributed by atoms with Crippen molar-refractivity contribution in [2.75, 3.05) is 17.3 Å². The maximum atomic E-state index is 13.1. The Morgan fingerprint density at radius 2 is 1.95 bits per heavy atom. The fourth-order valence-electron chi connectivity index (χ4n) is 4.27. The van der Waals surface area contributed by atoms with Crippen LogP contribution in [0.5, 0.6) is 0 Å². The molecule has 1 aromatic carbocycles. The zero-order valence-electron chi connectivity index (χ0n) is 20.6. The minimum absolute atomic E-state index is 0.0183. The first-order valence-electron chi connectivity index (χ1n) is 11.8. The summed E-state index contributed by atoms with van der Waals surface area (Å²) < 4.78 is 67.2. The van der Waals surface area contributed by atoms with E-state index in [4.69, 9.17) is 4.52 Å². The van der Waals surface area contributed by atoms with Gasteiger partial charge in [0.25, 0.3) is 5.91 Å². The van der Waals surface area contributed by atoms with Crippen LogP contribution >= 0.6 is 0 Å². The van der Waals surface area contributed by atoms with Gasteiger partial charge < -0.3 is 15.2 Å². The van der Waals surface area contributed by atoms with E-state index < -0.39 is 40.0 Å². The number of nitrogens with zero attached hydrogens (tertiary/aromatic N) is 3. The van der Waals surface area contributed by atoms with E-state index in [0.717, 1.165) is 11.8 Å². The van der Waals surface area contributed by atoms with Gasteiger partial charge in [-0.05, 0) is 37.3 Å². The fraction of sp³-hybridized carbons (Fsp3) is 0.417.